The van der Waals surface area contributed by atoms with Gasteiger partial charge in [-0.2, -0.15) is 5.26 Å². The molecule has 0 aliphatic carbocycles. The summed E-state index contributed by atoms with van der Waals surface area (Å²) in [6, 6.07) is 15.1. The van der Waals surface area contributed by atoms with Gasteiger partial charge in [0.25, 0.3) is 5.56 Å². The highest BCUT2D eigenvalue weighted by molar-refractivity contribution is 5.43. The molecular formula is C18H19N3O. The Hall–Kier alpha value is -2.54. The summed E-state index contributed by atoms with van der Waals surface area (Å²) >= 11 is 0. The molecule has 0 N–H and O–H groups in total. The zero-order valence-electron chi connectivity index (χ0n) is 12.5. The number of hydrogen-bond donors (Lipinski definition) is 0. The maximum atomic E-state index is 12.3. The van der Waals surface area contributed by atoms with Gasteiger partial charge in [-0.15, -0.1) is 0 Å². The molecule has 0 atom stereocenters. The Labute approximate surface area is 130 Å². The molecular weight excluding hydrogens is 274 g/mol. The fraction of sp³-hybridized carbons (Fsp3) is 0.333. The van der Waals surface area contributed by atoms with Crippen LogP contribution in [-0.2, 0) is 6.54 Å². The molecule has 0 radical (unpaired) electrons. The van der Waals surface area contributed by atoms with Crippen LogP contribution in [0.25, 0.3) is 0 Å². The number of hydrogen-bond acceptors (Lipinski definition) is 3. The normalized spacial score (nSPS) is 14.6. The second kappa shape index (κ2) is 6.48. The third-order valence-corrected chi connectivity index (χ3v) is 4.17. The predicted octanol–water partition coefficient (Wildman–Crippen LogP) is 2.76. The van der Waals surface area contributed by atoms with Gasteiger partial charge in [0.2, 0.25) is 0 Å². The third-order valence-electron chi connectivity index (χ3n) is 4.17. The van der Waals surface area contributed by atoms with Gasteiger partial charge in [0, 0.05) is 19.2 Å². The standard InChI is InChI=1S/C18H19N3O/c19-13-15-7-2-3-8-16(15)14-21-17(9-6-10-18(21)22)20-11-4-1-5-12-20/h2-3,6-10H,1,4-5,11-12,14H2. The SMILES string of the molecule is N#Cc1ccccc1Cn1c(N2CCCCC2)cccc1=O. The molecule has 0 saturated carbocycles. The number of rotatable bonds is 3. The molecule has 4 heteroatoms. The summed E-state index contributed by atoms with van der Waals surface area (Å²) < 4.78 is 1.78. The molecule has 1 aromatic heterocycles. The van der Waals surface area contributed by atoms with Crippen LogP contribution in [-0.4, -0.2) is 17.7 Å². The van der Waals surface area contributed by atoms with Crippen LogP contribution in [0.5, 0.6) is 0 Å². The predicted molar refractivity (Wildman–Crippen MR) is 87.0 cm³/mol. The Morgan fingerprint density at radius 2 is 1.77 bits per heavy atom. The van der Waals surface area contributed by atoms with E-state index >= 15 is 0 Å². The van der Waals surface area contributed by atoms with Crippen LogP contribution in [0.1, 0.15) is 30.4 Å². The maximum Gasteiger partial charge on any atom is 0.252 e. The van der Waals surface area contributed by atoms with Crippen LogP contribution in [0.3, 0.4) is 0 Å². The lowest BCUT2D eigenvalue weighted by atomic mass is 10.1. The number of benzene rings is 1. The minimum atomic E-state index is -0.0178. The van der Waals surface area contributed by atoms with Gasteiger partial charge in [0.15, 0.2) is 0 Å². The first-order valence-electron chi connectivity index (χ1n) is 7.72. The molecule has 1 fully saturated rings. The second-order valence-electron chi connectivity index (χ2n) is 5.63. The van der Waals surface area contributed by atoms with E-state index in [1.165, 1.54) is 6.42 Å². The van der Waals surface area contributed by atoms with Crippen LogP contribution >= 0.6 is 0 Å². The van der Waals surface area contributed by atoms with Crippen molar-refractivity contribution in [1.82, 2.24) is 4.57 Å². The lowest BCUT2D eigenvalue weighted by molar-refractivity contribution is 0.559. The molecule has 2 aromatic rings. The van der Waals surface area contributed by atoms with E-state index in [0.29, 0.717) is 12.1 Å². The molecule has 0 spiro atoms. The largest absolute Gasteiger partial charge is 0.358 e. The quantitative estimate of drug-likeness (QED) is 0.874. The van der Waals surface area contributed by atoms with Gasteiger partial charge in [-0.3, -0.25) is 9.36 Å². The Balaban J connectivity index is 1.99. The van der Waals surface area contributed by atoms with Crippen molar-refractivity contribution in [2.75, 3.05) is 18.0 Å². The van der Waals surface area contributed by atoms with Crippen molar-refractivity contribution in [3.05, 3.63) is 63.9 Å². The first-order chi connectivity index (χ1) is 10.8. The van der Waals surface area contributed by atoms with Crippen molar-refractivity contribution in [2.24, 2.45) is 0 Å². The molecule has 0 bridgehead atoms. The molecule has 0 amide bonds. The summed E-state index contributed by atoms with van der Waals surface area (Å²) in [5, 5.41) is 9.24. The molecule has 2 heterocycles. The third kappa shape index (κ3) is 2.89. The molecule has 4 nitrogen and oxygen atoms in total. The maximum absolute atomic E-state index is 12.3. The summed E-state index contributed by atoms with van der Waals surface area (Å²) in [5.74, 6) is 0.958. The zero-order valence-corrected chi connectivity index (χ0v) is 12.5. The van der Waals surface area contributed by atoms with Gasteiger partial charge in [0.05, 0.1) is 18.2 Å². The molecule has 0 unspecified atom stereocenters. The van der Waals surface area contributed by atoms with Crippen LogP contribution in [0, 0.1) is 11.3 Å². The van der Waals surface area contributed by atoms with Gasteiger partial charge in [-0.05, 0) is 37.0 Å². The van der Waals surface area contributed by atoms with Crippen molar-refractivity contribution in [3.8, 4) is 6.07 Å². The second-order valence-corrected chi connectivity index (χ2v) is 5.63. The van der Waals surface area contributed by atoms with Gasteiger partial charge in [-0.1, -0.05) is 24.3 Å². The van der Waals surface area contributed by atoms with E-state index in [9.17, 15) is 10.1 Å². The summed E-state index contributed by atoms with van der Waals surface area (Å²) in [7, 11) is 0. The fourth-order valence-corrected chi connectivity index (χ4v) is 3.00. The molecule has 1 aliphatic rings. The van der Waals surface area contributed by atoms with Crippen LogP contribution in [0.15, 0.2) is 47.3 Å². The number of anilines is 1. The monoisotopic (exact) mass is 293 g/mol. The zero-order chi connectivity index (χ0) is 15.4. The highest BCUT2D eigenvalue weighted by Gasteiger charge is 2.15. The number of pyridine rings is 1. The van der Waals surface area contributed by atoms with E-state index in [4.69, 9.17) is 0 Å². The van der Waals surface area contributed by atoms with Crippen LogP contribution in [0.4, 0.5) is 5.82 Å². The van der Waals surface area contributed by atoms with E-state index in [0.717, 1.165) is 37.3 Å². The number of piperidine rings is 1. The molecule has 112 valence electrons. The van der Waals surface area contributed by atoms with E-state index in [1.807, 2.05) is 30.3 Å². The molecule has 1 saturated heterocycles. The van der Waals surface area contributed by atoms with Crippen LogP contribution in [0.2, 0.25) is 0 Å². The van der Waals surface area contributed by atoms with Gasteiger partial charge in [0.1, 0.15) is 5.82 Å². The Morgan fingerprint density at radius 3 is 2.55 bits per heavy atom. The minimum absolute atomic E-state index is 0.0178. The Morgan fingerprint density at radius 1 is 1.00 bits per heavy atom. The minimum Gasteiger partial charge on any atom is -0.358 e. The molecule has 3 rings (SSSR count). The Kier molecular flexibility index (Phi) is 4.24. The average Bonchev–Trinajstić information content (AvgIpc) is 2.58. The summed E-state index contributed by atoms with van der Waals surface area (Å²) in [4.78, 5) is 14.6. The van der Waals surface area contributed by atoms with Crippen molar-refractivity contribution >= 4 is 5.82 Å². The summed E-state index contributed by atoms with van der Waals surface area (Å²) in [5.41, 5.74) is 1.50. The topological polar surface area (TPSA) is 49.0 Å². The van der Waals surface area contributed by atoms with E-state index in [-0.39, 0.29) is 5.56 Å². The fourth-order valence-electron chi connectivity index (χ4n) is 3.00. The lowest BCUT2D eigenvalue weighted by Crippen LogP contribution is -2.35. The molecule has 22 heavy (non-hydrogen) atoms. The van der Waals surface area contributed by atoms with E-state index in [1.54, 1.807) is 16.7 Å². The van der Waals surface area contributed by atoms with Gasteiger partial charge < -0.3 is 4.90 Å². The average molecular weight is 293 g/mol. The number of nitrogens with zero attached hydrogens (tertiary/aromatic N) is 3. The highest BCUT2D eigenvalue weighted by atomic mass is 16.1. The summed E-state index contributed by atoms with van der Waals surface area (Å²) in [6.45, 7) is 2.42. The van der Waals surface area contributed by atoms with E-state index < -0.39 is 0 Å². The first-order valence-corrected chi connectivity index (χ1v) is 7.72. The lowest BCUT2D eigenvalue weighted by Gasteiger charge is -2.30. The Bertz CT molecular complexity index is 751. The number of aromatic nitrogens is 1. The molecule has 1 aromatic carbocycles. The van der Waals surface area contributed by atoms with Crippen LogP contribution < -0.4 is 10.5 Å². The van der Waals surface area contributed by atoms with Crippen molar-refractivity contribution in [2.45, 2.75) is 25.8 Å². The van der Waals surface area contributed by atoms with Crippen molar-refractivity contribution in [3.63, 3.8) is 0 Å². The first kappa shape index (κ1) is 14.4. The summed E-state index contributed by atoms with van der Waals surface area (Å²) in [6.07, 6.45) is 3.58. The number of nitriles is 1. The van der Waals surface area contributed by atoms with E-state index in [2.05, 4.69) is 11.0 Å². The van der Waals surface area contributed by atoms with Gasteiger partial charge in [-0.25, -0.2) is 0 Å². The molecule has 1 aliphatic heterocycles. The van der Waals surface area contributed by atoms with Gasteiger partial charge >= 0.3 is 0 Å². The smallest absolute Gasteiger partial charge is 0.252 e. The highest BCUT2D eigenvalue weighted by Crippen LogP contribution is 2.20. The van der Waals surface area contributed by atoms with Crippen molar-refractivity contribution in [1.29, 1.82) is 5.26 Å². The van der Waals surface area contributed by atoms with Crippen molar-refractivity contribution < 1.29 is 0 Å².